The highest BCUT2D eigenvalue weighted by Crippen LogP contribution is 2.24. The predicted octanol–water partition coefficient (Wildman–Crippen LogP) is 2.42. The van der Waals surface area contributed by atoms with Crippen LogP contribution in [0.1, 0.15) is 16.7 Å². The zero-order valence-electron chi connectivity index (χ0n) is 12.0. The van der Waals surface area contributed by atoms with Crippen molar-refractivity contribution in [3.05, 3.63) is 65.5 Å². The molecule has 0 radical (unpaired) electrons. The number of nitrogens with zero attached hydrogens (tertiary/aromatic N) is 5. The normalized spacial score (nSPS) is 10.2. The molecule has 3 rings (SSSR count). The zero-order valence-corrected chi connectivity index (χ0v) is 12.0. The molecule has 0 aliphatic heterocycles. The molecular weight excluding hydrogens is 278 g/mol. The van der Waals surface area contributed by atoms with Gasteiger partial charge in [0, 0.05) is 0 Å². The van der Waals surface area contributed by atoms with Gasteiger partial charge in [0.25, 0.3) is 0 Å². The number of ether oxygens (including phenoxy) is 1. The van der Waals surface area contributed by atoms with Crippen molar-refractivity contribution in [3.63, 3.8) is 0 Å². The molecule has 0 N–H and O–H groups in total. The lowest BCUT2D eigenvalue weighted by Gasteiger charge is -2.11. The fraction of sp³-hybridized carbons (Fsp3) is 0.125. The van der Waals surface area contributed by atoms with E-state index in [1.165, 1.54) is 16.6 Å². The molecule has 3 aromatic rings. The van der Waals surface area contributed by atoms with Crippen LogP contribution in [0.25, 0.3) is 5.69 Å². The average molecular weight is 291 g/mol. The third-order valence-electron chi connectivity index (χ3n) is 3.20. The number of rotatable bonds is 4. The van der Waals surface area contributed by atoms with E-state index in [-0.39, 0.29) is 0 Å². The van der Waals surface area contributed by atoms with Gasteiger partial charge in [0.15, 0.2) is 0 Å². The maximum Gasteiger partial charge on any atom is 0.145 e. The Bertz CT molecular complexity index is 804. The van der Waals surface area contributed by atoms with E-state index in [9.17, 15) is 0 Å². The Morgan fingerprint density at radius 3 is 2.68 bits per heavy atom. The van der Waals surface area contributed by atoms with Gasteiger partial charge in [-0.05, 0) is 41.1 Å². The summed E-state index contributed by atoms with van der Waals surface area (Å²) in [5.41, 5.74) is 3.43. The third-order valence-corrected chi connectivity index (χ3v) is 3.20. The molecule has 0 aliphatic carbocycles. The highest BCUT2D eigenvalue weighted by Gasteiger charge is 2.09. The summed E-state index contributed by atoms with van der Waals surface area (Å²) in [7, 11) is 0. The Hall–Kier alpha value is -3.20. The second-order valence-corrected chi connectivity index (χ2v) is 4.82. The van der Waals surface area contributed by atoms with Gasteiger partial charge in [0.2, 0.25) is 0 Å². The molecule has 0 bridgehead atoms. The second-order valence-electron chi connectivity index (χ2n) is 4.82. The summed E-state index contributed by atoms with van der Waals surface area (Å²) < 4.78 is 7.34. The molecule has 22 heavy (non-hydrogen) atoms. The van der Waals surface area contributed by atoms with Crippen molar-refractivity contribution in [3.8, 4) is 17.5 Å². The van der Waals surface area contributed by atoms with Crippen molar-refractivity contribution >= 4 is 0 Å². The summed E-state index contributed by atoms with van der Waals surface area (Å²) >= 11 is 0. The highest BCUT2D eigenvalue weighted by atomic mass is 16.5. The van der Waals surface area contributed by atoms with Gasteiger partial charge < -0.3 is 4.74 Å². The fourth-order valence-electron chi connectivity index (χ4n) is 2.01. The zero-order chi connectivity index (χ0) is 15.4. The summed E-state index contributed by atoms with van der Waals surface area (Å²) in [5, 5.41) is 20.1. The van der Waals surface area contributed by atoms with Crippen LogP contribution in [-0.2, 0) is 6.61 Å². The lowest BCUT2D eigenvalue weighted by atomic mass is 10.1. The largest absolute Gasteiger partial charge is 0.487 e. The number of benzene rings is 2. The molecular formula is C16H13N5O. The smallest absolute Gasteiger partial charge is 0.145 e. The van der Waals surface area contributed by atoms with Crippen LogP contribution in [0.3, 0.4) is 0 Å². The van der Waals surface area contributed by atoms with Crippen LogP contribution in [0.2, 0.25) is 0 Å². The van der Waals surface area contributed by atoms with E-state index < -0.39 is 0 Å². The molecule has 0 unspecified atom stereocenters. The van der Waals surface area contributed by atoms with E-state index in [4.69, 9.17) is 10.00 Å². The van der Waals surface area contributed by atoms with Crippen molar-refractivity contribution in [2.75, 3.05) is 0 Å². The van der Waals surface area contributed by atoms with Crippen molar-refractivity contribution in [1.29, 1.82) is 5.26 Å². The highest BCUT2D eigenvalue weighted by molar-refractivity contribution is 5.51. The Morgan fingerprint density at radius 1 is 1.18 bits per heavy atom. The van der Waals surface area contributed by atoms with Crippen LogP contribution in [0, 0.1) is 18.3 Å². The number of aromatic nitrogens is 4. The first kappa shape index (κ1) is 13.8. The molecule has 1 heterocycles. The van der Waals surface area contributed by atoms with Gasteiger partial charge in [-0.15, -0.1) is 5.10 Å². The standard InChI is InChI=1S/C16H13N5O/c1-12-2-4-13(5-3-12)10-22-16-7-6-14(9-17)8-15(16)21-11-18-19-20-21/h2-8,11H,10H2,1H3. The molecule has 0 atom stereocenters. The van der Waals surface area contributed by atoms with Crippen LogP contribution >= 0.6 is 0 Å². The topological polar surface area (TPSA) is 76.6 Å². The van der Waals surface area contributed by atoms with E-state index in [0.29, 0.717) is 23.6 Å². The summed E-state index contributed by atoms with van der Waals surface area (Å²) in [5.74, 6) is 0.617. The predicted molar refractivity (Wildman–Crippen MR) is 79.4 cm³/mol. The molecule has 0 saturated heterocycles. The van der Waals surface area contributed by atoms with Crippen LogP contribution < -0.4 is 4.74 Å². The third kappa shape index (κ3) is 2.94. The first-order valence-corrected chi connectivity index (χ1v) is 6.72. The van der Waals surface area contributed by atoms with Gasteiger partial charge in [-0.25, -0.2) is 0 Å². The number of hydrogen-bond donors (Lipinski definition) is 0. The Morgan fingerprint density at radius 2 is 2.00 bits per heavy atom. The van der Waals surface area contributed by atoms with Gasteiger partial charge in [0.05, 0.1) is 11.6 Å². The van der Waals surface area contributed by atoms with E-state index in [2.05, 4.69) is 21.6 Å². The minimum Gasteiger partial charge on any atom is -0.487 e. The lowest BCUT2D eigenvalue weighted by molar-refractivity contribution is 0.304. The van der Waals surface area contributed by atoms with Crippen molar-refractivity contribution in [2.45, 2.75) is 13.5 Å². The Kier molecular flexibility index (Phi) is 3.79. The first-order chi connectivity index (χ1) is 10.8. The molecule has 6 heteroatoms. The first-order valence-electron chi connectivity index (χ1n) is 6.72. The maximum atomic E-state index is 9.03. The van der Waals surface area contributed by atoms with Crippen molar-refractivity contribution < 1.29 is 4.74 Å². The minimum atomic E-state index is 0.432. The molecule has 0 spiro atoms. The fourth-order valence-corrected chi connectivity index (χ4v) is 2.01. The molecule has 0 amide bonds. The number of aryl methyl sites for hydroxylation is 1. The lowest BCUT2D eigenvalue weighted by Crippen LogP contribution is -2.03. The number of tetrazole rings is 1. The van der Waals surface area contributed by atoms with Crippen LogP contribution in [0.5, 0.6) is 5.75 Å². The molecule has 1 aromatic heterocycles. The van der Waals surface area contributed by atoms with Gasteiger partial charge in [0.1, 0.15) is 24.4 Å². The van der Waals surface area contributed by atoms with Crippen LogP contribution in [-0.4, -0.2) is 20.2 Å². The monoisotopic (exact) mass is 291 g/mol. The van der Waals surface area contributed by atoms with E-state index in [1.807, 2.05) is 31.2 Å². The van der Waals surface area contributed by atoms with Crippen molar-refractivity contribution in [2.24, 2.45) is 0 Å². The summed E-state index contributed by atoms with van der Waals surface area (Å²) in [6, 6.07) is 15.4. The van der Waals surface area contributed by atoms with E-state index in [0.717, 1.165) is 5.56 Å². The Labute approximate surface area is 127 Å². The molecule has 2 aromatic carbocycles. The number of hydrogen-bond acceptors (Lipinski definition) is 5. The summed E-state index contributed by atoms with van der Waals surface area (Å²) in [4.78, 5) is 0. The van der Waals surface area contributed by atoms with Crippen LogP contribution in [0.4, 0.5) is 0 Å². The average Bonchev–Trinajstić information content (AvgIpc) is 3.08. The number of nitriles is 1. The maximum absolute atomic E-state index is 9.03. The summed E-state index contributed by atoms with van der Waals surface area (Å²) in [6.07, 6.45) is 1.47. The van der Waals surface area contributed by atoms with Gasteiger partial charge >= 0.3 is 0 Å². The van der Waals surface area contributed by atoms with Crippen molar-refractivity contribution in [1.82, 2.24) is 20.2 Å². The van der Waals surface area contributed by atoms with Gasteiger partial charge in [-0.3, -0.25) is 0 Å². The molecule has 0 saturated carbocycles. The summed E-state index contributed by atoms with van der Waals surface area (Å²) in [6.45, 7) is 2.47. The quantitative estimate of drug-likeness (QED) is 0.737. The molecule has 0 fully saturated rings. The molecule has 0 aliphatic rings. The molecule has 108 valence electrons. The minimum absolute atomic E-state index is 0.432. The van der Waals surface area contributed by atoms with Gasteiger partial charge in [-0.1, -0.05) is 29.8 Å². The van der Waals surface area contributed by atoms with Crippen LogP contribution in [0.15, 0.2) is 48.8 Å². The Balaban J connectivity index is 1.87. The SMILES string of the molecule is Cc1ccc(COc2ccc(C#N)cc2-n2cnnn2)cc1. The van der Waals surface area contributed by atoms with Gasteiger partial charge in [-0.2, -0.15) is 9.94 Å². The second kappa shape index (κ2) is 6.06. The molecule has 6 nitrogen and oxygen atoms in total. The van der Waals surface area contributed by atoms with E-state index in [1.54, 1.807) is 18.2 Å². The van der Waals surface area contributed by atoms with E-state index >= 15 is 0 Å².